The molecule has 0 amide bonds. The summed E-state index contributed by atoms with van der Waals surface area (Å²) in [5, 5.41) is 14.5. The van der Waals surface area contributed by atoms with Gasteiger partial charge in [0, 0.05) is 30.7 Å². The molecule has 2 unspecified atom stereocenters. The molecular formula is C14H17N3O2. The van der Waals surface area contributed by atoms with Crippen LogP contribution in [-0.2, 0) is 10.3 Å². The normalized spacial score (nSPS) is 34.6. The molecule has 2 fully saturated rings. The molecule has 2 N–H and O–H groups in total. The van der Waals surface area contributed by atoms with E-state index in [1.54, 1.807) is 6.20 Å². The lowest BCUT2D eigenvalue weighted by Gasteiger charge is -2.45. The van der Waals surface area contributed by atoms with Crippen LogP contribution in [0.25, 0.3) is 5.65 Å². The number of aliphatic hydroxyl groups is 1. The van der Waals surface area contributed by atoms with Gasteiger partial charge >= 0.3 is 0 Å². The molecule has 5 nitrogen and oxygen atoms in total. The fraction of sp³-hybridized carbons (Fsp3) is 0.500. The Bertz CT molecular complexity index is 598. The summed E-state index contributed by atoms with van der Waals surface area (Å²) in [6.07, 6.45) is 7.03. The number of hydrogen-bond acceptors (Lipinski definition) is 4. The van der Waals surface area contributed by atoms with Crippen LogP contribution in [0.2, 0.25) is 0 Å². The molecular weight excluding hydrogens is 242 g/mol. The van der Waals surface area contributed by atoms with E-state index in [1.807, 2.05) is 28.9 Å². The van der Waals surface area contributed by atoms with Crippen molar-refractivity contribution in [3.63, 3.8) is 0 Å². The van der Waals surface area contributed by atoms with Crippen LogP contribution in [0.3, 0.4) is 0 Å². The maximum atomic E-state index is 11.0. The van der Waals surface area contributed by atoms with Gasteiger partial charge in [0.05, 0.1) is 18.8 Å². The second kappa shape index (κ2) is 4.03. The molecule has 2 aromatic rings. The number of ether oxygens (including phenoxy) is 1. The highest BCUT2D eigenvalue weighted by Crippen LogP contribution is 2.36. The maximum absolute atomic E-state index is 11.0. The fourth-order valence-electron chi connectivity index (χ4n) is 3.35. The second-order valence-electron chi connectivity index (χ2n) is 5.65. The van der Waals surface area contributed by atoms with Gasteiger partial charge in [-0.3, -0.25) is 0 Å². The highest BCUT2D eigenvalue weighted by Gasteiger charge is 2.42. The van der Waals surface area contributed by atoms with Gasteiger partial charge < -0.3 is 19.6 Å². The number of aromatic nitrogens is 2. The molecule has 0 saturated carbocycles. The zero-order valence-electron chi connectivity index (χ0n) is 10.6. The SMILES string of the molecule is OC1(c2ccn3ccnc3c2)CC2COCC(C1)N2. The van der Waals surface area contributed by atoms with Crippen LogP contribution in [-0.4, -0.2) is 39.8 Å². The van der Waals surface area contributed by atoms with Crippen molar-refractivity contribution >= 4 is 5.65 Å². The minimum absolute atomic E-state index is 0.244. The van der Waals surface area contributed by atoms with Gasteiger partial charge in [0.15, 0.2) is 0 Å². The number of imidazole rings is 1. The first-order valence-electron chi connectivity index (χ1n) is 6.72. The Balaban J connectivity index is 1.72. The van der Waals surface area contributed by atoms with E-state index in [0.29, 0.717) is 26.1 Å². The van der Waals surface area contributed by atoms with E-state index in [2.05, 4.69) is 10.3 Å². The summed E-state index contributed by atoms with van der Waals surface area (Å²) in [6, 6.07) is 4.47. The van der Waals surface area contributed by atoms with Gasteiger partial charge in [-0.15, -0.1) is 0 Å². The predicted octanol–water partition coefficient (Wildman–Crippen LogP) is 0.673. The van der Waals surface area contributed by atoms with Gasteiger partial charge in [-0.2, -0.15) is 0 Å². The topological polar surface area (TPSA) is 58.8 Å². The first-order valence-corrected chi connectivity index (χ1v) is 6.72. The van der Waals surface area contributed by atoms with Crippen LogP contribution in [0.4, 0.5) is 0 Å². The van der Waals surface area contributed by atoms with E-state index in [0.717, 1.165) is 11.2 Å². The van der Waals surface area contributed by atoms with Crippen LogP contribution in [0.15, 0.2) is 30.7 Å². The smallest absolute Gasteiger partial charge is 0.137 e. The monoisotopic (exact) mass is 259 g/mol. The Morgan fingerprint density at radius 3 is 2.89 bits per heavy atom. The number of nitrogens with one attached hydrogen (secondary N) is 1. The molecule has 0 spiro atoms. The summed E-state index contributed by atoms with van der Waals surface area (Å²) in [7, 11) is 0. The second-order valence-corrected chi connectivity index (χ2v) is 5.65. The molecule has 2 saturated heterocycles. The maximum Gasteiger partial charge on any atom is 0.137 e. The van der Waals surface area contributed by atoms with Gasteiger partial charge in [0.2, 0.25) is 0 Å². The number of hydrogen-bond donors (Lipinski definition) is 2. The van der Waals surface area contributed by atoms with Crippen molar-refractivity contribution in [3.8, 4) is 0 Å². The van der Waals surface area contributed by atoms with Gasteiger partial charge in [-0.05, 0) is 30.5 Å². The zero-order valence-corrected chi connectivity index (χ0v) is 10.6. The van der Waals surface area contributed by atoms with Crippen LogP contribution >= 0.6 is 0 Å². The minimum Gasteiger partial charge on any atom is -0.385 e. The van der Waals surface area contributed by atoms with E-state index >= 15 is 0 Å². The fourth-order valence-corrected chi connectivity index (χ4v) is 3.35. The lowest BCUT2D eigenvalue weighted by molar-refractivity contribution is -0.0802. The molecule has 2 bridgehead atoms. The molecule has 0 aliphatic carbocycles. The summed E-state index contributed by atoms with van der Waals surface area (Å²) in [4.78, 5) is 4.29. The number of morpholine rings is 1. The van der Waals surface area contributed by atoms with Gasteiger partial charge in [-0.1, -0.05) is 0 Å². The van der Waals surface area contributed by atoms with E-state index in [4.69, 9.17) is 4.74 Å². The molecule has 2 atom stereocenters. The third-order valence-corrected chi connectivity index (χ3v) is 4.21. The van der Waals surface area contributed by atoms with Crippen LogP contribution < -0.4 is 5.32 Å². The molecule has 19 heavy (non-hydrogen) atoms. The molecule has 5 heteroatoms. The highest BCUT2D eigenvalue weighted by molar-refractivity contribution is 5.43. The molecule has 2 aliphatic heterocycles. The van der Waals surface area contributed by atoms with Crippen molar-refractivity contribution in [2.24, 2.45) is 0 Å². The first-order chi connectivity index (χ1) is 9.23. The summed E-state index contributed by atoms with van der Waals surface area (Å²) >= 11 is 0. The van der Waals surface area contributed by atoms with Crippen molar-refractivity contribution in [2.75, 3.05) is 13.2 Å². The van der Waals surface area contributed by atoms with E-state index < -0.39 is 5.60 Å². The van der Waals surface area contributed by atoms with Gasteiger partial charge in [-0.25, -0.2) is 4.98 Å². The Morgan fingerprint density at radius 1 is 1.32 bits per heavy atom. The Labute approximate surface area is 111 Å². The number of rotatable bonds is 1. The lowest BCUT2D eigenvalue weighted by Crippen LogP contribution is -2.58. The Kier molecular flexibility index (Phi) is 2.42. The van der Waals surface area contributed by atoms with Crippen molar-refractivity contribution in [2.45, 2.75) is 30.5 Å². The first kappa shape index (κ1) is 11.4. The largest absolute Gasteiger partial charge is 0.385 e. The van der Waals surface area contributed by atoms with Crippen molar-refractivity contribution < 1.29 is 9.84 Å². The number of pyridine rings is 1. The molecule has 2 aliphatic rings. The third kappa shape index (κ3) is 1.85. The van der Waals surface area contributed by atoms with E-state index in [-0.39, 0.29) is 12.1 Å². The number of nitrogens with zero attached hydrogens (tertiary/aromatic N) is 2. The quantitative estimate of drug-likeness (QED) is 0.790. The Hall–Kier alpha value is -1.43. The van der Waals surface area contributed by atoms with Crippen LogP contribution in [0.1, 0.15) is 18.4 Å². The molecule has 0 radical (unpaired) electrons. The minimum atomic E-state index is -0.766. The predicted molar refractivity (Wildman–Crippen MR) is 69.9 cm³/mol. The van der Waals surface area contributed by atoms with Crippen LogP contribution in [0.5, 0.6) is 0 Å². The van der Waals surface area contributed by atoms with E-state index in [1.165, 1.54) is 0 Å². The average Bonchev–Trinajstić information content (AvgIpc) is 2.85. The number of fused-ring (bicyclic) bond motifs is 3. The molecule has 100 valence electrons. The summed E-state index contributed by atoms with van der Waals surface area (Å²) in [5.74, 6) is 0. The van der Waals surface area contributed by atoms with Crippen molar-refractivity contribution in [1.29, 1.82) is 0 Å². The highest BCUT2D eigenvalue weighted by atomic mass is 16.5. The lowest BCUT2D eigenvalue weighted by atomic mass is 9.78. The standard InChI is InChI=1S/C14H17N3O2/c18-14(6-11-8-19-9-12(7-14)16-11)10-1-3-17-4-2-15-13(17)5-10/h1-5,11-12,16,18H,6-9H2. The Morgan fingerprint density at radius 2 is 2.11 bits per heavy atom. The summed E-state index contributed by atoms with van der Waals surface area (Å²) < 4.78 is 7.49. The van der Waals surface area contributed by atoms with Gasteiger partial charge in [0.1, 0.15) is 5.65 Å². The van der Waals surface area contributed by atoms with Crippen LogP contribution in [0, 0.1) is 0 Å². The van der Waals surface area contributed by atoms with Gasteiger partial charge in [0.25, 0.3) is 0 Å². The van der Waals surface area contributed by atoms with Crippen molar-refractivity contribution in [3.05, 3.63) is 36.3 Å². The molecule has 0 aromatic carbocycles. The zero-order chi connectivity index (χ0) is 12.9. The molecule has 2 aromatic heterocycles. The van der Waals surface area contributed by atoms with Crippen molar-refractivity contribution in [1.82, 2.24) is 14.7 Å². The summed E-state index contributed by atoms with van der Waals surface area (Å²) in [5.41, 5.74) is 1.08. The molecule has 4 heterocycles. The summed E-state index contributed by atoms with van der Waals surface area (Å²) in [6.45, 7) is 1.37. The number of piperidine rings is 1. The molecule has 4 rings (SSSR count). The van der Waals surface area contributed by atoms with E-state index in [9.17, 15) is 5.11 Å². The average molecular weight is 259 g/mol. The third-order valence-electron chi connectivity index (χ3n) is 4.21.